The SMILES string of the molecule is CC(C)C[C@H](NC(=O)OCC1c2ccccc2-c2ccccc21)C(=O)N[C@@H](CC1(CCC=O)SCC(O)C(O)CS1)C(=O)NCC(=O)N[C@@H](CCCCN)C(=O)N[C@H](C(=O)O)C(C)C. The molecule has 2 aliphatic rings. The monoisotopic (exact) mass is 928 g/mol. The molecular formula is C45H64N6O11S2. The number of benzene rings is 2. The molecule has 0 saturated carbocycles. The van der Waals surface area contributed by atoms with Crippen molar-refractivity contribution >= 4 is 65.5 Å². The second kappa shape index (κ2) is 25.1. The highest BCUT2D eigenvalue weighted by atomic mass is 32.2. The summed E-state index contributed by atoms with van der Waals surface area (Å²) < 4.78 is 4.79. The fourth-order valence-electron chi connectivity index (χ4n) is 7.72. The Bertz CT molecular complexity index is 1880. The number of aldehydes is 1. The lowest BCUT2D eigenvalue weighted by atomic mass is 9.98. The number of carbonyl (C=O) groups is 7. The zero-order chi connectivity index (χ0) is 47.0. The lowest BCUT2D eigenvalue weighted by Gasteiger charge is -2.35. The minimum absolute atomic E-state index is 0.00176. The molecule has 0 spiro atoms. The zero-order valence-corrected chi connectivity index (χ0v) is 38.5. The van der Waals surface area contributed by atoms with Gasteiger partial charge in [0, 0.05) is 30.3 Å². The number of rotatable bonds is 24. The van der Waals surface area contributed by atoms with Gasteiger partial charge in [0.1, 0.15) is 37.1 Å². The Morgan fingerprint density at radius 3 is 1.95 bits per heavy atom. The van der Waals surface area contributed by atoms with Gasteiger partial charge in [-0.1, -0.05) is 76.2 Å². The fourth-order valence-corrected chi connectivity index (χ4v) is 11.0. The molecule has 64 heavy (non-hydrogen) atoms. The third kappa shape index (κ3) is 14.9. The minimum Gasteiger partial charge on any atom is -0.480 e. The van der Waals surface area contributed by atoms with Crippen LogP contribution in [0.1, 0.15) is 89.7 Å². The van der Waals surface area contributed by atoms with Crippen LogP contribution in [0.4, 0.5) is 4.79 Å². The van der Waals surface area contributed by atoms with Crippen LogP contribution in [0.25, 0.3) is 11.1 Å². The van der Waals surface area contributed by atoms with Gasteiger partial charge in [0.2, 0.25) is 23.6 Å². The van der Waals surface area contributed by atoms with Crippen LogP contribution in [0, 0.1) is 11.8 Å². The Morgan fingerprint density at radius 1 is 0.812 bits per heavy atom. The van der Waals surface area contributed by atoms with Crippen molar-refractivity contribution in [1.82, 2.24) is 26.6 Å². The van der Waals surface area contributed by atoms with E-state index in [0.29, 0.717) is 19.4 Å². The van der Waals surface area contributed by atoms with E-state index in [2.05, 4.69) is 26.6 Å². The number of hydrogen-bond donors (Lipinski definition) is 9. The van der Waals surface area contributed by atoms with Crippen LogP contribution < -0.4 is 32.3 Å². The van der Waals surface area contributed by atoms with Gasteiger partial charge >= 0.3 is 12.1 Å². The number of unbranched alkanes of at least 4 members (excludes halogenated alkanes) is 1. The summed E-state index contributed by atoms with van der Waals surface area (Å²) in [5.74, 6) is -4.86. The van der Waals surface area contributed by atoms with E-state index >= 15 is 0 Å². The van der Waals surface area contributed by atoms with E-state index in [-0.39, 0.29) is 62.1 Å². The summed E-state index contributed by atoms with van der Waals surface area (Å²) in [7, 11) is 0. The lowest BCUT2D eigenvalue weighted by molar-refractivity contribution is -0.143. The van der Waals surface area contributed by atoms with Crippen LogP contribution >= 0.6 is 23.5 Å². The standard InChI is InChI=1S/C45H64N6O11S2/c1-26(2)20-34(50-44(61)62-23-32-30-14-7-5-12-28(30)29-13-6-8-15-31(29)32)42(58)49-35(21-45(17-11-19-52)63-24-36(53)37(54)25-64-45)40(56)47-22-38(55)48-33(16-9-10-18-46)41(57)51-39(27(3)4)43(59)60/h5-8,12-15,19,26-27,32-37,39,53-54H,9-11,16-18,20-25,46H2,1-4H3,(H,47,56)(H,48,55)(H,49,58)(H,50,61)(H,51,57)(H,59,60)/t33-,34-,35-,36?,37?,39-,45?/m0/s1. The number of carboxylic acids is 1. The first kappa shape index (κ1) is 51.9. The van der Waals surface area contributed by atoms with Crippen LogP contribution in [0.2, 0.25) is 0 Å². The van der Waals surface area contributed by atoms with Crippen LogP contribution in [0.15, 0.2) is 48.5 Å². The minimum atomic E-state index is -1.36. The molecule has 1 fully saturated rings. The highest BCUT2D eigenvalue weighted by Gasteiger charge is 2.42. The number of aliphatic hydroxyl groups is 2. The van der Waals surface area contributed by atoms with E-state index in [9.17, 15) is 48.9 Å². The molecule has 4 rings (SSSR count). The number of aliphatic carboxylic acids is 1. The molecule has 2 aromatic carbocycles. The molecule has 1 heterocycles. The van der Waals surface area contributed by atoms with Crippen molar-refractivity contribution in [1.29, 1.82) is 0 Å². The number of thioether (sulfide) groups is 2. The molecule has 19 heteroatoms. The van der Waals surface area contributed by atoms with Crippen molar-refractivity contribution in [3.05, 3.63) is 59.7 Å². The van der Waals surface area contributed by atoms with E-state index < -0.39 is 88.6 Å². The average Bonchev–Trinajstić information content (AvgIpc) is 3.51. The third-order valence-corrected chi connectivity index (χ3v) is 14.7. The zero-order valence-electron chi connectivity index (χ0n) is 36.9. The van der Waals surface area contributed by atoms with Crippen molar-refractivity contribution in [2.45, 2.75) is 119 Å². The van der Waals surface area contributed by atoms with Gasteiger partial charge in [-0.15, -0.1) is 23.5 Å². The van der Waals surface area contributed by atoms with Gasteiger partial charge in [-0.3, -0.25) is 19.2 Å². The molecular weight excluding hydrogens is 865 g/mol. The quantitative estimate of drug-likeness (QED) is 0.0541. The summed E-state index contributed by atoms with van der Waals surface area (Å²) >= 11 is 2.49. The summed E-state index contributed by atoms with van der Waals surface area (Å²) in [4.78, 5) is 91.9. The number of nitrogens with two attached hydrogens (primary N) is 1. The Kier molecular flexibility index (Phi) is 20.4. The molecule has 0 bridgehead atoms. The van der Waals surface area contributed by atoms with Gasteiger partial charge in [-0.25, -0.2) is 9.59 Å². The second-order valence-electron chi connectivity index (χ2n) is 17.0. The fraction of sp³-hybridized carbons (Fsp3) is 0.578. The van der Waals surface area contributed by atoms with Crippen LogP contribution in [0.5, 0.6) is 0 Å². The van der Waals surface area contributed by atoms with Gasteiger partial charge in [-0.05, 0) is 72.7 Å². The van der Waals surface area contributed by atoms with E-state index in [4.69, 9.17) is 10.5 Å². The Hall–Kier alpha value is -4.69. The smallest absolute Gasteiger partial charge is 0.407 e. The van der Waals surface area contributed by atoms with Crippen molar-refractivity contribution in [2.24, 2.45) is 17.6 Å². The summed E-state index contributed by atoms with van der Waals surface area (Å²) in [6.45, 7) is 6.69. The number of aliphatic hydroxyl groups excluding tert-OH is 2. The van der Waals surface area contributed by atoms with Gasteiger partial charge in [0.15, 0.2) is 0 Å². The van der Waals surface area contributed by atoms with Gasteiger partial charge in [-0.2, -0.15) is 0 Å². The van der Waals surface area contributed by atoms with Crippen LogP contribution in [-0.4, -0.2) is 129 Å². The maximum Gasteiger partial charge on any atom is 0.407 e. The summed E-state index contributed by atoms with van der Waals surface area (Å²) in [5.41, 5.74) is 9.76. The van der Waals surface area contributed by atoms with Crippen LogP contribution in [-0.2, 0) is 33.5 Å². The second-order valence-corrected chi connectivity index (χ2v) is 20.0. The molecule has 1 aliphatic carbocycles. The molecule has 2 unspecified atom stereocenters. The van der Waals surface area contributed by atoms with E-state index in [0.717, 1.165) is 28.5 Å². The molecule has 5 amide bonds. The number of fused-ring (bicyclic) bond motifs is 3. The topological polar surface area (TPSA) is 276 Å². The lowest BCUT2D eigenvalue weighted by Crippen LogP contribution is -2.57. The largest absolute Gasteiger partial charge is 0.480 e. The molecule has 0 aromatic heterocycles. The maximum absolute atomic E-state index is 14.2. The molecule has 1 saturated heterocycles. The highest BCUT2D eigenvalue weighted by Crippen LogP contribution is 2.48. The van der Waals surface area contributed by atoms with Gasteiger partial charge in [0.05, 0.1) is 22.8 Å². The highest BCUT2D eigenvalue weighted by molar-refractivity contribution is 8.18. The normalized spacial score (nSPS) is 20.1. The Labute approximate surface area is 382 Å². The first-order valence-electron chi connectivity index (χ1n) is 21.8. The van der Waals surface area contributed by atoms with Crippen molar-refractivity contribution < 1.29 is 53.6 Å². The Balaban J connectivity index is 1.53. The molecule has 17 nitrogen and oxygen atoms in total. The first-order chi connectivity index (χ1) is 30.5. The molecule has 352 valence electrons. The molecule has 1 aliphatic heterocycles. The van der Waals surface area contributed by atoms with E-state index in [1.165, 1.54) is 23.5 Å². The van der Waals surface area contributed by atoms with Gasteiger partial charge < -0.3 is 57.2 Å². The summed E-state index contributed by atoms with van der Waals surface area (Å²) in [6.07, 6.45) is -0.822. The maximum atomic E-state index is 14.2. The van der Waals surface area contributed by atoms with E-state index in [1.54, 1.807) is 13.8 Å². The first-order valence-corrected chi connectivity index (χ1v) is 23.8. The number of ether oxygens (including phenoxy) is 1. The van der Waals surface area contributed by atoms with Crippen molar-refractivity contribution in [2.75, 3.05) is 31.2 Å². The molecule has 2 aromatic rings. The number of hydrogen-bond acceptors (Lipinski definition) is 13. The molecule has 6 atom stereocenters. The number of amides is 5. The predicted octanol–water partition coefficient (Wildman–Crippen LogP) is 2.65. The average molecular weight is 929 g/mol. The number of carboxylic acid groups (broad SMARTS) is 1. The molecule has 10 N–H and O–H groups in total. The third-order valence-electron chi connectivity index (χ3n) is 11.2. The van der Waals surface area contributed by atoms with E-state index in [1.807, 2.05) is 62.4 Å². The molecule has 0 radical (unpaired) electrons. The van der Waals surface area contributed by atoms with Crippen molar-refractivity contribution in [3.63, 3.8) is 0 Å². The number of nitrogens with one attached hydrogen (secondary N) is 5. The van der Waals surface area contributed by atoms with Gasteiger partial charge in [0.25, 0.3) is 0 Å². The summed E-state index contributed by atoms with van der Waals surface area (Å²) in [5, 5.41) is 43.7. The van der Waals surface area contributed by atoms with Crippen molar-refractivity contribution in [3.8, 4) is 11.1 Å². The van der Waals surface area contributed by atoms with Crippen LogP contribution in [0.3, 0.4) is 0 Å². The summed E-state index contributed by atoms with van der Waals surface area (Å²) in [6, 6.07) is 10.9. The Morgan fingerprint density at radius 2 is 1.41 bits per heavy atom. The number of carbonyl (C=O) groups excluding carboxylic acids is 6. The number of alkyl carbamates (subject to hydrolysis) is 1. The predicted molar refractivity (Wildman–Crippen MR) is 245 cm³/mol.